The fourth-order valence-corrected chi connectivity index (χ4v) is 5.80. The molecule has 0 fully saturated rings. The maximum absolute atomic E-state index is 12.5. The summed E-state index contributed by atoms with van der Waals surface area (Å²) in [5.74, 6) is 1.24. The molecule has 0 bridgehead atoms. The van der Waals surface area contributed by atoms with Gasteiger partial charge in [0.1, 0.15) is 10.0 Å². The van der Waals surface area contributed by atoms with Crippen molar-refractivity contribution in [1.82, 2.24) is 19.1 Å². The summed E-state index contributed by atoms with van der Waals surface area (Å²) in [6, 6.07) is 2.85. The molecule has 2 aromatic heterocycles. The largest absolute Gasteiger partial charge is 0.345 e. The summed E-state index contributed by atoms with van der Waals surface area (Å²) in [4.78, 5) is 12.5. The molecule has 3 rings (SSSR count). The summed E-state index contributed by atoms with van der Waals surface area (Å²) in [6.45, 7) is 5.31. The molecule has 0 amide bonds. The smallest absolute Gasteiger partial charge is 0.279 e. The molecule has 26 heavy (non-hydrogen) atoms. The molecule has 0 radical (unpaired) electrons. The van der Waals surface area contributed by atoms with Gasteiger partial charge in [-0.3, -0.25) is 4.57 Å². The van der Waals surface area contributed by atoms with E-state index in [1.807, 2.05) is 0 Å². The maximum atomic E-state index is 12.5. The number of rotatable bonds is 6. The second kappa shape index (κ2) is 7.84. The van der Waals surface area contributed by atoms with Crippen molar-refractivity contribution < 1.29 is 8.42 Å². The van der Waals surface area contributed by atoms with Crippen LogP contribution in [0.25, 0.3) is 0 Å². The van der Waals surface area contributed by atoms with E-state index >= 15 is 0 Å². The first-order valence-corrected chi connectivity index (χ1v) is 11.4. The van der Waals surface area contributed by atoms with Crippen molar-refractivity contribution in [3.05, 3.63) is 32.8 Å². The summed E-state index contributed by atoms with van der Waals surface area (Å²) in [7, 11) is -3.59. The van der Waals surface area contributed by atoms with E-state index in [4.69, 9.17) is 11.6 Å². The van der Waals surface area contributed by atoms with E-state index in [1.165, 1.54) is 10.7 Å². The van der Waals surface area contributed by atoms with Gasteiger partial charge in [0.25, 0.3) is 0 Å². The molecule has 0 aromatic carbocycles. The number of thiophene rings is 1. The van der Waals surface area contributed by atoms with Gasteiger partial charge in [-0.15, -0.1) is 11.3 Å². The maximum Gasteiger partial charge on any atom is 0.345 e. The second-order valence-corrected chi connectivity index (χ2v) is 10.6. The Hall–Kier alpha value is -1.16. The highest BCUT2D eigenvalue weighted by atomic mass is 35.5. The average Bonchev–Trinajstić information content (AvgIpc) is 3.06. The molecule has 1 N–H and O–H groups in total. The van der Waals surface area contributed by atoms with Crippen LogP contribution in [0.5, 0.6) is 0 Å². The molecule has 3 heterocycles. The molecule has 1 aliphatic rings. The van der Waals surface area contributed by atoms with Gasteiger partial charge < -0.3 is 0 Å². The Balaban J connectivity index is 1.68. The topological polar surface area (TPSA) is 86.0 Å². The van der Waals surface area contributed by atoms with E-state index in [9.17, 15) is 13.2 Å². The lowest BCUT2D eigenvalue weighted by Gasteiger charge is -2.15. The number of halogens is 1. The third-order valence-corrected chi connectivity index (χ3v) is 7.71. The van der Waals surface area contributed by atoms with Crippen LogP contribution in [-0.4, -0.2) is 28.8 Å². The van der Waals surface area contributed by atoms with Gasteiger partial charge in [-0.25, -0.2) is 22.6 Å². The molecule has 1 aliphatic heterocycles. The molecule has 0 aliphatic carbocycles. The number of aromatic nitrogens is 3. The van der Waals surface area contributed by atoms with Crippen LogP contribution < -0.4 is 10.4 Å². The van der Waals surface area contributed by atoms with Crippen molar-refractivity contribution >= 4 is 33.0 Å². The number of nitrogens with zero attached hydrogens (tertiary/aromatic N) is 3. The molecular weight excluding hydrogens is 396 g/mol. The van der Waals surface area contributed by atoms with Crippen LogP contribution in [0.4, 0.5) is 0 Å². The number of sulfonamides is 1. The molecule has 7 nitrogen and oxygen atoms in total. The summed E-state index contributed by atoms with van der Waals surface area (Å²) in [6.07, 6.45) is 2.64. The van der Waals surface area contributed by atoms with Crippen LogP contribution in [0, 0.1) is 5.92 Å². The Kier molecular flexibility index (Phi) is 5.91. The van der Waals surface area contributed by atoms with Gasteiger partial charge in [0.2, 0.25) is 10.0 Å². The molecule has 1 unspecified atom stereocenters. The third-order valence-electron chi connectivity index (χ3n) is 4.47. The van der Waals surface area contributed by atoms with Crippen LogP contribution in [0.1, 0.15) is 38.9 Å². The van der Waals surface area contributed by atoms with Gasteiger partial charge in [0.15, 0.2) is 0 Å². The Morgan fingerprint density at radius 2 is 2.15 bits per heavy atom. The van der Waals surface area contributed by atoms with E-state index < -0.39 is 10.0 Å². The lowest BCUT2D eigenvalue weighted by molar-refractivity contribution is 0.458. The molecular formula is C16H23ClN4O3S2. The Bertz CT molecular complexity index is 930. The Morgan fingerprint density at radius 1 is 1.38 bits per heavy atom. The third kappa shape index (κ3) is 4.39. The van der Waals surface area contributed by atoms with E-state index in [1.54, 1.807) is 10.6 Å². The summed E-state index contributed by atoms with van der Waals surface area (Å²) in [5, 5.41) is 4.45. The first-order chi connectivity index (χ1) is 12.3. The average molecular weight is 419 g/mol. The SMILES string of the molecule is CC(C)CCn1nc2n(c1=O)CCC(NS(=O)(=O)c1ccc(Cl)s1)CC2. The molecule has 0 spiro atoms. The number of fused-ring (bicyclic) bond motifs is 1. The predicted molar refractivity (Wildman–Crippen MR) is 102 cm³/mol. The lowest BCUT2D eigenvalue weighted by Crippen LogP contribution is -2.35. The Labute approximate surface area is 162 Å². The normalized spacial score (nSPS) is 18.1. The van der Waals surface area contributed by atoms with Crippen LogP contribution in [0.15, 0.2) is 21.1 Å². The number of hydrogen-bond donors (Lipinski definition) is 1. The minimum atomic E-state index is -3.59. The zero-order valence-corrected chi connectivity index (χ0v) is 17.2. The van der Waals surface area contributed by atoms with Gasteiger partial charge in [0, 0.05) is 25.6 Å². The number of aryl methyl sites for hydroxylation is 2. The van der Waals surface area contributed by atoms with Crippen molar-refractivity contribution in [2.75, 3.05) is 0 Å². The zero-order chi connectivity index (χ0) is 18.9. The van der Waals surface area contributed by atoms with E-state index in [0.29, 0.717) is 42.6 Å². The quantitative estimate of drug-likeness (QED) is 0.780. The van der Waals surface area contributed by atoms with E-state index in [2.05, 4.69) is 23.7 Å². The molecule has 0 saturated heterocycles. The van der Waals surface area contributed by atoms with Gasteiger partial charge >= 0.3 is 5.69 Å². The number of hydrogen-bond acceptors (Lipinski definition) is 5. The molecule has 1 atom stereocenters. The molecule has 10 heteroatoms. The van der Waals surface area contributed by atoms with Crippen molar-refractivity contribution in [2.24, 2.45) is 5.92 Å². The van der Waals surface area contributed by atoms with Crippen LogP contribution in [0.3, 0.4) is 0 Å². The fraction of sp³-hybridized carbons (Fsp3) is 0.625. The van der Waals surface area contributed by atoms with Crippen LogP contribution in [0.2, 0.25) is 4.34 Å². The lowest BCUT2D eigenvalue weighted by atomic mass is 10.1. The highest BCUT2D eigenvalue weighted by Crippen LogP contribution is 2.26. The van der Waals surface area contributed by atoms with Crippen molar-refractivity contribution in [3.63, 3.8) is 0 Å². The fourth-order valence-electron chi connectivity index (χ4n) is 2.99. The molecule has 0 saturated carbocycles. The summed E-state index contributed by atoms with van der Waals surface area (Å²) in [5.41, 5.74) is -0.103. The van der Waals surface area contributed by atoms with Crippen molar-refractivity contribution in [3.8, 4) is 0 Å². The minimum Gasteiger partial charge on any atom is -0.279 e. The second-order valence-electron chi connectivity index (χ2n) is 6.96. The number of nitrogens with one attached hydrogen (secondary N) is 1. The van der Waals surface area contributed by atoms with Gasteiger partial charge in [-0.05, 0) is 37.3 Å². The summed E-state index contributed by atoms with van der Waals surface area (Å²) < 4.78 is 31.5. The standard InChI is InChI=1S/C16H23ClN4O3S2/c1-11(2)7-10-21-16(22)20-9-8-12(3-5-14(20)18-21)19-26(23,24)15-6-4-13(17)25-15/h4,6,11-12,19H,3,5,7-10H2,1-2H3. The van der Waals surface area contributed by atoms with Crippen molar-refractivity contribution in [2.45, 2.75) is 62.9 Å². The zero-order valence-electron chi connectivity index (χ0n) is 14.8. The summed E-state index contributed by atoms with van der Waals surface area (Å²) >= 11 is 6.87. The van der Waals surface area contributed by atoms with Crippen molar-refractivity contribution in [1.29, 1.82) is 0 Å². The van der Waals surface area contributed by atoms with E-state index in [0.717, 1.165) is 23.6 Å². The van der Waals surface area contributed by atoms with E-state index in [-0.39, 0.29) is 15.9 Å². The highest BCUT2D eigenvalue weighted by molar-refractivity contribution is 7.91. The highest BCUT2D eigenvalue weighted by Gasteiger charge is 2.26. The predicted octanol–water partition coefficient (Wildman–Crippen LogP) is 2.49. The Morgan fingerprint density at radius 3 is 2.81 bits per heavy atom. The minimum absolute atomic E-state index is 0.103. The van der Waals surface area contributed by atoms with Gasteiger partial charge in [-0.1, -0.05) is 25.4 Å². The first kappa shape index (κ1) is 19.6. The molecule has 2 aromatic rings. The van der Waals surface area contributed by atoms with Crippen LogP contribution in [-0.2, 0) is 29.5 Å². The van der Waals surface area contributed by atoms with Gasteiger partial charge in [-0.2, -0.15) is 5.10 Å². The first-order valence-electron chi connectivity index (χ1n) is 8.70. The monoisotopic (exact) mass is 418 g/mol. The molecule has 144 valence electrons. The van der Waals surface area contributed by atoms with Gasteiger partial charge in [0.05, 0.1) is 4.34 Å². The van der Waals surface area contributed by atoms with Crippen LogP contribution >= 0.6 is 22.9 Å².